The number of nitrogens with two attached hydrogens (primary N) is 1. The lowest BCUT2D eigenvalue weighted by molar-refractivity contribution is 0.114. The maximum absolute atomic E-state index is 6.40. The second kappa shape index (κ2) is 11.1. The molecule has 0 amide bonds. The van der Waals surface area contributed by atoms with E-state index in [0.29, 0.717) is 12.3 Å². The van der Waals surface area contributed by atoms with Gasteiger partial charge in [-0.1, -0.05) is 12.1 Å². The largest absolute Gasteiger partial charge is 0.492 e. The molecular formula is C31H38N6O. The smallest absolute Gasteiger partial charge is 0.119 e. The van der Waals surface area contributed by atoms with E-state index in [1.165, 1.54) is 62.8 Å². The molecule has 7 heteroatoms. The molecule has 2 fully saturated rings. The van der Waals surface area contributed by atoms with Gasteiger partial charge in [0.15, 0.2) is 0 Å². The Labute approximate surface area is 225 Å². The van der Waals surface area contributed by atoms with Gasteiger partial charge in [0.1, 0.15) is 12.4 Å². The molecule has 0 atom stereocenters. The number of nitrogens with zero attached hydrogens (tertiary/aromatic N) is 3. The minimum Gasteiger partial charge on any atom is -0.492 e. The predicted octanol–water partition coefficient (Wildman–Crippen LogP) is 5.80. The molecule has 38 heavy (non-hydrogen) atoms. The molecule has 2 saturated heterocycles. The van der Waals surface area contributed by atoms with Gasteiger partial charge in [0, 0.05) is 47.1 Å². The Morgan fingerprint density at radius 2 is 1.79 bits per heavy atom. The highest BCUT2D eigenvalue weighted by Gasteiger charge is 2.26. The highest BCUT2D eigenvalue weighted by Crippen LogP contribution is 2.36. The second-order valence-electron chi connectivity index (χ2n) is 10.6. The number of nitrogens with one attached hydrogen (secondary N) is 2. The van der Waals surface area contributed by atoms with E-state index in [1.54, 1.807) is 6.20 Å². The van der Waals surface area contributed by atoms with Gasteiger partial charge in [-0.15, -0.1) is 0 Å². The molecule has 0 aliphatic carbocycles. The number of likely N-dealkylation sites (tertiary alicyclic amines) is 2. The van der Waals surface area contributed by atoms with E-state index in [9.17, 15) is 0 Å². The first-order chi connectivity index (χ1) is 18.7. The third kappa shape index (κ3) is 5.22. The van der Waals surface area contributed by atoms with Crippen LogP contribution in [0.1, 0.15) is 31.2 Å². The van der Waals surface area contributed by atoms with Crippen LogP contribution in [-0.4, -0.2) is 65.1 Å². The van der Waals surface area contributed by atoms with Gasteiger partial charge in [-0.2, -0.15) is 0 Å². The van der Waals surface area contributed by atoms with Crippen molar-refractivity contribution < 1.29 is 4.74 Å². The third-order valence-electron chi connectivity index (χ3n) is 8.29. The van der Waals surface area contributed by atoms with Crippen molar-refractivity contribution in [1.82, 2.24) is 19.8 Å². The van der Waals surface area contributed by atoms with Crippen LogP contribution in [-0.2, 0) is 0 Å². The van der Waals surface area contributed by atoms with Gasteiger partial charge >= 0.3 is 0 Å². The number of ether oxygens (including phenoxy) is 1. The van der Waals surface area contributed by atoms with Crippen LogP contribution in [0.5, 0.6) is 5.75 Å². The fraction of sp³-hybridized carbons (Fsp3) is 0.387. The average Bonchev–Trinajstić information content (AvgIpc) is 3.65. The number of piperidine rings is 1. The van der Waals surface area contributed by atoms with Crippen molar-refractivity contribution >= 4 is 28.0 Å². The topological polar surface area (TPSA) is 82.4 Å². The number of pyridine rings is 1. The molecule has 2 aromatic carbocycles. The van der Waals surface area contributed by atoms with Crippen molar-refractivity contribution in [2.45, 2.75) is 38.6 Å². The van der Waals surface area contributed by atoms with E-state index in [4.69, 9.17) is 10.5 Å². The Bertz CT molecular complexity index is 1370. The van der Waals surface area contributed by atoms with E-state index < -0.39 is 0 Å². The van der Waals surface area contributed by atoms with Crippen LogP contribution >= 0.6 is 0 Å². The minimum absolute atomic E-state index is 0.616. The summed E-state index contributed by atoms with van der Waals surface area (Å²) in [5.41, 5.74) is 13.2. The molecule has 2 aliphatic heterocycles. The SMILES string of the molecule is Cc1c(Nc2c(N)cncc2-c2ccc(OCCN3CCC(N4CCCC4)CC3)cc2)ccc2[nH]ccc12. The molecule has 6 rings (SSSR count). The van der Waals surface area contributed by atoms with Crippen molar-refractivity contribution in [3.05, 3.63) is 66.6 Å². The first-order valence-corrected chi connectivity index (χ1v) is 13.9. The second-order valence-corrected chi connectivity index (χ2v) is 10.6. The standard InChI is InChI=1S/C31H38N6O/c1-22-26-10-13-34-30(26)9-8-29(22)35-31-27(20-33-21-28(31)32)23-4-6-25(7-5-23)38-19-18-36-16-11-24(12-17-36)37-14-2-3-15-37/h4-10,13,20-21,24,34H,2-3,11-12,14-19,32H2,1H3,(H,33,35). The van der Waals surface area contributed by atoms with Crippen LogP contribution < -0.4 is 15.8 Å². The van der Waals surface area contributed by atoms with E-state index in [-0.39, 0.29) is 0 Å². The fourth-order valence-electron chi connectivity index (χ4n) is 6.03. The number of H-pyrrole nitrogens is 1. The highest BCUT2D eigenvalue weighted by molar-refractivity contribution is 5.93. The first kappa shape index (κ1) is 24.8. The molecular weight excluding hydrogens is 472 g/mol. The number of hydrogen-bond acceptors (Lipinski definition) is 6. The van der Waals surface area contributed by atoms with Gasteiger partial charge in [-0.3, -0.25) is 9.88 Å². The lowest BCUT2D eigenvalue weighted by Crippen LogP contribution is -2.44. The molecule has 198 valence electrons. The molecule has 0 bridgehead atoms. The summed E-state index contributed by atoms with van der Waals surface area (Å²) in [5.74, 6) is 0.890. The number of anilines is 3. The summed E-state index contributed by atoms with van der Waals surface area (Å²) in [5, 5.41) is 4.77. The molecule has 0 saturated carbocycles. The summed E-state index contributed by atoms with van der Waals surface area (Å²) in [7, 11) is 0. The number of aryl methyl sites for hydroxylation is 1. The van der Waals surface area contributed by atoms with Crippen LogP contribution in [0, 0.1) is 6.92 Å². The molecule has 0 unspecified atom stereocenters. The third-order valence-corrected chi connectivity index (χ3v) is 8.29. The van der Waals surface area contributed by atoms with Gasteiger partial charge in [-0.05, 0) is 100 Å². The van der Waals surface area contributed by atoms with E-state index in [1.807, 2.05) is 24.5 Å². The molecule has 7 nitrogen and oxygen atoms in total. The fourth-order valence-corrected chi connectivity index (χ4v) is 6.03. The summed E-state index contributed by atoms with van der Waals surface area (Å²) in [6, 6.07) is 15.3. The number of benzene rings is 2. The molecule has 2 aromatic heterocycles. The normalized spacial score (nSPS) is 17.3. The van der Waals surface area contributed by atoms with Crippen molar-refractivity contribution in [3.8, 4) is 16.9 Å². The Morgan fingerprint density at radius 1 is 1.00 bits per heavy atom. The number of hydrogen-bond donors (Lipinski definition) is 3. The van der Waals surface area contributed by atoms with Crippen molar-refractivity contribution in [2.24, 2.45) is 0 Å². The van der Waals surface area contributed by atoms with Gasteiger partial charge in [-0.25, -0.2) is 0 Å². The van der Waals surface area contributed by atoms with E-state index >= 15 is 0 Å². The Hall–Kier alpha value is -3.55. The number of nitrogen functional groups attached to an aromatic ring is 1. The number of rotatable bonds is 8. The summed E-state index contributed by atoms with van der Waals surface area (Å²) < 4.78 is 6.11. The maximum atomic E-state index is 6.40. The summed E-state index contributed by atoms with van der Waals surface area (Å²) >= 11 is 0. The monoisotopic (exact) mass is 510 g/mol. The van der Waals surface area contributed by atoms with Gasteiger partial charge < -0.3 is 25.7 Å². The number of aromatic amines is 1. The van der Waals surface area contributed by atoms with Gasteiger partial charge in [0.25, 0.3) is 0 Å². The quantitative estimate of drug-likeness (QED) is 0.278. The molecule has 0 spiro atoms. The minimum atomic E-state index is 0.616. The Balaban J connectivity index is 1.08. The lowest BCUT2D eigenvalue weighted by atomic mass is 10.0. The van der Waals surface area contributed by atoms with E-state index in [2.05, 4.69) is 62.3 Å². The predicted molar refractivity (Wildman–Crippen MR) is 156 cm³/mol. The van der Waals surface area contributed by atoms with E-state index in [0.717, 1.165) is 46.4 Å². The molecule has 4 aromatic rings. The van der Waals surface area contributed by atoms with Crippen molar-refractivity contribution in [2.75, 3.05) is 50.4 Å². The highest BCUT2D eigenvalue weighted by atomic mass is 16.5. The van der Waals surface area contributed by atoms with Crippen molar-refractivity contribution in [3.63, 3.8) is 0 Å². The zero-order valence-corrected chi connectivity index (χ0v) is 22.2. The summed E-state index contributed by atoms with van der Waals surface area (Å²) in [6.07, 6.45) is 10.9. The Morgan fingerprint density at radius 3 is 2.58 bits per heavy atom. The molecule has 4 N–H and O–H groups in total. The lowest BCUT2D eigenvalue weighted by Gasteiger charge is -2.36. The Kier molecular flexibility index (Phi) is 7.20. The van der Waals surface area contributed by atoms with Gasteiger partial charge in [0.2, 0.25) is 0 Å². The number of aromatic nitrogens is 2. The van der Waals surface area contributed by atoms with Crippen LogP contribution in [0.15, 0.2) is 61.1 Å². The van der Waals surface area contributed by atoms with Crippen LogP contribution in [0.2, 0.25) is 0 Å². The summed E-state index contributed by atoms with van der Waals surface area (Å²) in [4.78, 5) is 12.9. The molecule has 4 heterocycles. The van der Waals surface area contributed by atoms with Crippen LogP contribution in [0.3, 0.4) is 0 Å². The number of fused-ring (bicyclic) bond motifs is 1. The average molecular weight is 511 g/mol. The zero-order chi connectivity index (χ0) is 25.9. The molecule has 0 radical (unpaired) electrons. The maximum Gasteiger partial charge on any atom is 0.119 e. The zero-order valence-electron chi connectivity index (χ0n) is 22.2. The van der Waals surface area contributed by atoms with Crippen LogP contribution in [0.4, 0.5) is 17.1 Å². The van der Waals surface area contributed by atoms with Crippen LogP contribution in [0.25, 0.3) is 22.0 Å². The summed E-state index contributed by atoms with van der Waals surface area (Å²) in [6.45, 7) is 8.77. The first-order valence-electron chi connectivity index (χ1n) is 13.9. The molecule has 2 aliphatic rings. The van der Waals surface area contributed by atoms with Gasteiger partial charge in [0.05, 0.1) is 17.6 Å². The van der Waals surface area contributed by atoms with Crippen molar-refractivity contribution in [1.29, 1.82) is 0 Å².